The smallest absolute Gasteiger partial charge is 0.257 e. The monoisotopic (exact) mass is 477 g/mol. The molecule has 2 amide bonds. The van der Waals surface area contributed by atoms with E-state index in [1.807, 2.05) is 93.2 Å². The summed E-state index contributed by atoms with van der Waals surface area (Å²) in [5.41, 5.74) is 3.52. The molecule has 0 spiro atoms. The molecule has 5 nitrogen and oxygen atoms in total. The molecule has 3 aromatic rings. The highest BCUT2D eigenvalue weighted by molar-refractivity contribution is 6.34. The molecule has 34 heavy (non-hydrogen) atoms. The maximum atomic E-state index is 13.4. The molecule has 0 unspecified atom stereocenters. The second-order valence-corrected chi connectivity index (χ2v) is 9.98. The van der Waals surface area contributed by atoms with Crippen molar-refractivity contribution in [3.05, 3.63) is 94.5 Å². The number of nitrogens with one attached hydrogen (secondary N) is 1. The largest absolute Gasteiger partial charge is 0.377 e. The predicted molar refractivity (Wildman–Crippen MR) is 140 cm³/mol. The number of amides is 2. The predicted octanol–water partition coefficient (Wildman–Crippen LogP) is 6.23. The Hall–Kier alpha value is -3.31. The number of hydrogen-bond acceptors (Lipinski definition) is 3. The van der Waals surface area contributed by atoms with E-state index in [1.165, 1.54) is 0 Å². The van der Waals surface area contributed by atoms with Gasteiger partial charge in [-0.25, -0.2) is 0 Å². The number of carbonyl (C=O) groups is 2. The van der Waals surface area contributed by atoms with Gasteiger partial charge in [0.15, 0.2) is 0 Å². The van der Waals surface area contributed by atoms with Crippen molar-refractivity contribution in [2.45, 2.75) is 33.9 Å². The summed E-state index contributed by atoms with van der Waals surface area (Å²) in [5, 5.41) is 3.34. The molecule has 0 saturated carbocycles. The molecule has 0 aliphatic heterocycles. The number of nitrogens with zero attached hydrogens (tertiary/aromatic N) is 2. The minimum atomic E-state index is -0.525. The van der Waals surface area contributed by atoms with E-state index in [2.05, 4.69) is 5.32 Å². The van der Waals surface area contributed by atoms with Gasteiger partial charge in [0.2, 0.25) is 5.91 Å². The van der Waals surface area contributed by atoms with Crippen LogP contribution in [0, 0.1) is 5.41 Å². The third-order valence-electron chi connectivity index (χ3n) is 5.44. The van der Waals surface area contributed by atoms with Gasteiger partial charge in [0.25, 0.3) is 5.91 Å². The van der Waals surface area contributed by atoms with Crippen molar-refractivity contribution in [1.82, 2.24) is 4.90 Å². The van der Waals surface area contributed by atoms with Gasteiger partial charge in [-0.3, -0.25) is 9.59 Å². The highest BCUT2D eigenvalue weighted by Crippen LogP contribution is 2.28. The summed E-state index contributed by atoms with van der Waals surface area (Å²) in [6.07, 6.45) is 0. The van der Waals surface area contributed by atoms with E-state index >= 15 is 0 Å². The van der Waals surface area contributed by atoms with Gasteiger partial charge < -0.3 is 15.1 Å². The first-order valence-electron chi connectivity index (χ1n) is 11.3. The van der Waals surface area contributed by atoms with Crippen LogP contribution in [0.2, 0.25) is 5.02 Å². The molecule has 0 saturated heterocycles. The summed E-state index contributed by atoms with van der Waals surface area (Å²) in [5.74, 6) is -0.215. The van der Waals surface area contributed by atoms with E-state index < -0.39 is 5.41 Å². The summed E-state index contributed by atoms with van der Waals surface area (Å²) >= 11 is 6.20. The van der Waals surface area contributed by atoms with E-state index in [9.17, 15) is 9.59 Å². The average molecular weight is 478 g/mol. The molecule has 0 bridgehead atoms. The topological polar surface area (TPSA) is 52.7 Å². The van der Waals surface area contributed by atoms with Crippen molar-refractivity contribution in [1.29, 1.82) is 0 Å². The van der Waals surface area contributed by atoms with Crippen LogP contribution < -0.4 is 10.2 Å². The van der Waals surface area contributed by atoms with Gasteiger partial charge in [0.05, 0.1) is 10.6 Å². The lowest BCUT2D eigenvalue weighted by Gasteiger charge is -2.31. The van der Waals surface area contributed by atoms with Crippen LogP contribution >= 0.6 is 11.6 Å². The van der Waals surface area contributed by atoms with Crippen LogP contribution in [0.5, 0.6) is 0 Å². The normalized spacial score (nSPS) is 11.1. The number of halogens is 1. The molecular formula is C28H32ClN3O2. The van der Waals surface area contributed by atoms with Crippen LogP contribution in [0.1, 0.15) is 42.3 Å². The van der Waals surface area contributed by atoms with Crippen LogP contribution in [0.3, 0.4) is 0 Å². The third kappa shape index (κ3) is 6.39. The first kappa shape index (κ1) is 25.3. The maximum Gasteiger partial charge on any atom is 0.257 e. The lowest BCUT2D eigenvalue weighted by atomic mass is 9.94. The fraction of sp³-hybridized carbons (Fsp3) is 0.286. The Morgan fingerprint density at radius 3 is 2.15 bits per heavy atom. The molecule has 0 aliphatic rings. The van der Waals surface area contributed by atoms with Gasteiger partial charge in [0, 0.05) is 44.0 Å². The molecule has 3 rings (SSSR count). The molecule has 3 aromatic carbocycles. The molecule has 0 aromatic heterocycles. The van der Waals surface area contributed by atoms with E-state index in [4.69, 9.17) is 11.6 Å². The Morgan fingerprint density at radius 2 is 1.53 bits per heavy atom. The number of rotatable bonds is 7. The van der Waals surface area contributed by atoms with Crippen LogP contribution in [0.15, 0.2) is 72.8 Å². The molecule has 0 atom stereocenters. The van der Waals surface area contributed by atoms with Crippen molar-refractivity contribution in [2.24, 2.45) is 5.41 Å². The number of carbonyl (C=O) groups excluding carboxylic acids is 2. The average Bonchev–Trinajstić information content (AvgIpc) is 2.78. The van der Waals surface area contributed by atoms with Gasteiger partial charge in [0.1, 0.15) is 0 Å². The fourth-order valence-electron chi connectivity index (χ4n) is 3.75. The van der Waals surface area contributed by atoms with Crippen LogP contribution in [-0.4, -0.2) is 30.8 Å². The minimum absolute atomic E-state index is 0.0616. The summed E-state index contributed by atoms with van der Waals surface area (Å²) < 4.78 is 0. The van der Waals surface area contributed by atoms with Crippen molar-refractivity contribution in [2.75, 3.05) is 24.3 Å². The second kappa shape index (κ2) is 10.7. The second-order valence-electron chi connectivity index (χ2n) is 9.57. The van der Waals surface area contributed by atoms with E-state index in [0.29, 0.717) is 29.4 Å². The minimum Gasteiger partial charge on any atom is -0.377 e. The quantitative estimate of drug-likeness (QED) is 0.438. The van der Waals surface area contributed by atoms with E-state index in [0.717, 1.165) is 16.8 Å². The van der Waals surface area contributed by atoms with Crippen molar-refractivity contribution >= 4 is 34.8 Å². The fourth-order valence-corrected chi connectivity index (χ4v) is 3.97. The lowest BCUT2D eigenvalue weighted by molar-refractivity contribution is -0.140. The highest BCUT2D eigenvalue weighted by atomic mass is 35.5. The van der Waals surface area contributed by atoms with Crippen molar-refractivity contribution in [3.63, 3.8) is 0 Å². The molecule has 0 radical (unpaired) electrons. The molecule has 6 heteroatoms. The van der Waals surface area contributed by atoms with Crippen LogP contribution in [-0.2, 0) is 17.9 Å². The standard InChI is InChI=1S/C28H32ClN3O2/c1-28(2,3)27(34)32(18-20-11-7-6-8-12-20)19-21-17-22(15-16-25(21)31(4)5)30-26(33)23-13-9-10-14-24(23)29/h6-17H,18-19H2,1-5H3,(H,30,33). The van der Waals surface area contributed by atoms with Crippen LogP contribution in [0.4, 0.5) is 11.4 Å². The molecule has 0 aliphatic carbocycles. The number of hydrogen-bond donors (Lipinski definition) is 1. The third-order valence-corrected chi connectivity index (χ3v) is 5.77. The first-order valence-corrected chi connectivity index (χ1v) is 11.6. The van der Waals surface area contributed by atoms with Crippen LogP contribution in [0.25, 0.3) is 0 Å². The number of anilines is 2. The Bertz CT molecular complexity index is 1150. The van der Waals surface area contributed by atoms with Gasteiger partial charge >= 0.3 is 0 Å². The Balaban J connectivity index is 1.93. The SMILES string of the molecule is CN(C)c1ccc(NC(=O)c2ccccc2Cl)cc1CN(Cc1ccccc1)C(=O)C(C)(C)C. The van der Waals surface area contributed by atoms with E-state index in [-0.39, 0.29) is 11.8 Å². The molecule has 0 fully saturated rings. The summed E-state index contributed by atoms with van der Waals surface area (Å²) in [4.78, 5) is 30.0. The van der Waals surface area contributed by atoms with Gasteiger partial charge in [-0.15, -0.1) is 0 Å². The lowest BCUT2D eigenvalue weighted by Crippen LogP contribution is -2.38. The van der Waals surface area contributed by atoms with Gasteiger partial charge in [-0.2, -0.15) is 0 Å². The summed E-state index contributed by atoms with van der Waals surface area (Å²) in [6.45, 7) is 6.70. The highest BCUT2D eigenvalue weighted by Gasteiger charge is 2.28. The summed E-state index contributed by atoms with van der Waals surface area (Å²) in [7, 11) is 3.93. The molecular weight excluding hydrogens is 446 g/mol. The van der Waals surface area contributed by atoms with Crippen molar-refractivity contribution in [3.8, 4) is 0 Å². The Morgan fingerprint density at radius 1 is 0.882 bits per heavy atom. The Kier molecular flexibility index (Phi) is 8.00. The Labute approximate surface area is 207 Å². The zero-order valence-electron chi connectivity index (χ0n) is 20.4. The molecule has 0 heterocycles. The van der Waals surface area contributed by atoms with Crippen molar-refractivity contribution < 1.29 is 9.59 Å². The first-order chi connectivity index (χ1) is 16.1. The zero-order valence-corrected chi connectivity index (χ0v) is 21.2. The van der Waals surface area contributed by atoms with E-state index in [1.54, 1.807) is 24.3 Å². The van der Waals surface area contributed by atoms with Gasteiger partial charge in [-0.05, 0) is 41.5 Å². The zero-order chi connectivity index (χ0) is 24.9. The molecule has 178 valence electrons. The van der Waals surface area contributed by atoms with Gasteiger partial charge in [-0.1, -0.05) is 74.8 Å². The maximum absolute atomic E-state index is 13.4. The molecule has 1 N–H and O–H groups in total. The number of benzene rings is 3. The summed E-state index contributed by atoms with van der Waals surface area (Å²) in [6, 6.07) is 22.7.